The fraction of sp³-hybridized carbons (Fsp3) is 0.122. The van der Waals surface area contributed by atoms with Crippen molar-refractivity contribution in [3.05, 3.63) is 143 Å². The van der Waals surface area contributed by atoms with Crippen LogP contribution in [0.25, 0.3) is 32.7 Å². The Morgan fingerprint density at radius 2 is 0.977 bits per heavy atom. The lowest BCUT2D eigenvalue weighted by Crippen LogP contribution is -2.32. The molecule has 1 spiro atoms. The summed E-state index contributed by atoms with van der Waals surface area (Å²) in [5, 5.41) is 4.26. The summed E-state index contributed by atoms with van der Waals surface area (Å²) in [5.74, 6) is 6.87. The molecular formula is C41H28O3. The predicted molar refractivity (Wildman–Crippen MR) is 176 cm³/mol. The molecule has 3 nitrogen and oxygen atoms in total. The largest absolute Gasteiger partial charge is 0.455 e. The third-order valence-electron chi connectivity index (χ3n) is 9.06. The Bertz CT molecular complexity index is 2040. The van der Waals surface area contributed by atoms with Crippen molar-refractivity contribution in [2.75, 3.05) is 13.2 Å². The van der Waals surface area contributed by atoms with Crippen molar-refractivity contribution in [2.45, 2.75) is 18.6 Å². The molecule has 210 valence electrons. The molecule has 0 amide bonds. The first-order valence-electron chi connectivity index (χ1n) is 14.8. The van der Waals surface area contributed by atoms with Crippen LogP contribution in [-0.2, 0) is 28.1 Å². The van der Waals surface area contributed by atoms with Crippen LogP contribution in [0.3, 0.4) is 0 Å². The molecule has 0 saturated carbocycles. The van der Waals surface area contributed by atoms with Gasteiger partial charge in [0.05, 0.1) is 18.6 Å². The summed E-state index contributed by atoms with van der Waals surface area (Å²) >= 11 is 0. The highest BCUT2D eigenvalue weighted by Gasteiger charge is 2.51. The zero-order valence-electron chi connectivity index (χ0n) is 24.1. The van der Waals surface area contributed by atoms with Crippen LogP contribution in [0.5, 0.6) is 11.5 Å². The first kappa shape index (κ1) is 26.3. The summed E-state index contributed by atoms with van der Waals surface area (Å²) in [7, 11) is 0. The number of benzene rings is 6. The topological polar surface area (TPSA) is 27.7 Å². The Morgan fingerprint density at radius 1 is 0.500 bits per heavy atom. The molecule has 2 aliphatic rings. The van der Waals surface area contributed by atoms with Gasteiger partial charge in [-0.3, -0.25) is 0 Å². The highest BCUT2D eigenvalue weighted by atomic mass is 16.5. The van der Waals surface area contributed by atoms with E-state index in [0.717, 1.165) is 55.3 Å². The standard InChI is InChI=1S/C41H28O3/c1-3-23-42-25-27-11-9-15-33-29(27)19-21-37-39(33)44-40-34-16-10-12-28(26-43-24-4-2)30(34)20-22-38(40)41(37)35-17-7-5-13-31(35)32-14-6-8-18-36(32)41/h1-2,5-22H,23-26H2. The van der Waals surface area contributed by atoms with Crippen molar-refractivity contribution < 1.29 is 14.2 Å². The zero-order chi connectivity index (χ0) is 29.7. The van der Waals surface area contributed by atoms with Gasteiger partial charge in [0.2, 0.25) is 0 Å². The number of rotatable bonds is 6. The fourth-order valence-electron chi connectivity index (χ4n) is 7.36. The zero-order valence-corrected chi connectivity index (χ0v) is 24.1. The first-order chi connectivity index (χ1) is 21.8. The van der Waals surface area contributed by atoms with E-state index < -0.39 is 5.41 Å². The molecule has 0 atom stereocenters. The van der Waals surface area contributed by atoms with Crippen LogP contribution >= 0.6 is 0 Å². The van der Waals surface area contributed by atoms with Gasteiger partial charge in [-0.25, -0.2) is 0 Å². The monoisotopic (exact) mass is 568 g/mol. The van der Waals surface area contributed by atoms with E-state index in [9.17, 15) is 0 Å². The molecule has 1 aliphatic heterocycles. The van der Waals surface area contributed by atoms with Gasteiger partial charge in [0.15, 0.2) is 0 Å². The molecule has 6 aromatic carbocycles. The molecule has 1 aliphatic carbocycles. The molecule has 0 aromatic heterocycles. The molecule has 8 rings (SSSR count). The maximum Gasteiger partial charge on any atom is 0.140 e. The molecule has 1 heterocycles. The Balaban J connectivity index is 1.46. The molecule has 0 N–H and O–H groups in total. The van der Waals surface area contributed by atoms with E-state index in [1.807, 2.05) is 0 Å². The molecule has 6 aromatic rings. The minimum atomic E-state index is -0.565. The van der Waals surface area contributed by atoms with E-state index in [0.29, 0.717) is 13.2 Å². The van der Waals surface area contributed by atoms with Crippen LogP contribution in [0, 0.1) is 24.7 Å². The Morgan fingerprint density at radius 3 is 1.45 bits per heavy atom. The van der Waals surface area contributed by atoms with E-state index in [2.05, 4.69) is 121 Å². The predicted octanol–water partition coefficient (Wildman–Crippen LogP) is 8.76. The van der Waals surface area contributed by atoms with Gasteiger partial charge < -0.3 is 14.2 Å². The van der Waals surface area contributed by atoms with Crippen LogP contribution in [0.15, 0.2) is 109 Å². The maximum absolute atomic E-state index is 7.14. The number of fused-ring (bicyclic) bond motifs is 13. The molecule has 0 bridgehead atoms. The van der Waals surface area contributed by atoms with Gasteiger partial charge in [-0.1, -0.05) is 121 Å². The van der Waals surface area contributed by atoms with Crippen molar-refractivity contribution in [1.82, 2.24) is 0 Å². The quantitative estimate of drug-likeness (QED) is 0.148. The van der Waals surface area contributed by atoms with Crippen molar-refractivity contribution in [2.24, 2.45) is 0 Å². The van der Waals surface area contributed by atoms with Crippen LogP contribution in [-0.4, -0.2) is 13.2 Å². The smallest absolute Gasteiger partial charge is 0.140 e. The van der Waals surface area contributed by atoms with Gasteiger partial charge in [0.25, 0.3) is 0 Å². The van der Waals surface area contributed by atoms with E-state index in [-0.39, 0.29) is 13.2 Å². The third kappa shape index (κ3) is 3.68. The normalized spacial score (nSPS) is 13.4. The van der Waals surface area contributed by atoms with Crippen molar-refractivity contribution >= 4 is 21.5 Å². The summed E-state index contributed by atoms with van der Waals surface area (Å²) in [6.45, 7) is 1.39. The Labute approximate surface area is 257 Å². The average Bonchev–Trinajstić information content (AvgIpc) is 3.36. The fourth-order valence-corrected chi connectivity index (χ4v) is 7.36. The number of ether oxygens (including phenoxy) is 3. The summed E-state index contributed by atoms with van der Waals surface area (Å²) in [5.41, 5.74) is 8.84. The second-order valence-corrected chi connectivity index (χ2v) is 11.2. The molecular weight excluding hydrogens is 540 g/mol. The van der Waals surface area contributed by atoms with Gasteiger partial charge in [0, 0.05) is 21.9 Å². The van der Waals surface area contributed by atoms with Crippen LogP contribution < -0.4 is 4.74 Å². The minimum absolute atomic E-state index is 0.265. The third-order valence-corrected chi connectivity index (χ3v) is 9.06. The van der Waals surface area contributed by atoms with E-state index in [4.69, 9.17) is 27.1 Å². The number of terminal acetylenes is 2. The van der Waals surface area contributed by atoms with Gasteiger partial charge in [0.1, 0.15) is 24.7 Å². The summed E-state index contributed by atoms with van der Waals surface area (Å²) < 4.78 is 18.7. The Hall–Kier alpha value is -5.32. The first-order valence-corrected chi connectivity index (χ1v) is 14.8. The summed E-state index contributed by atoms with van der Waals surface area (Å²) in [4.78, 5) is 0. The molecule has 0 fully saturated rings. The van der Waals surface area contributed by atoms with Gasteiger partial charge in [-0.15, -0.1) is 12.8 Å². The van der Waals surface area contributed by atoms with Gasteiger partial charge in [-0.05, 0) is 44.2 Å². The maximum atomic E-state index is 7.14. The average molecular weight is 569 g/mol. The molecule has 0 unspecified atom stereocenters. The van der Waals surface area contributed by atoms with Gasteiger partial charge >= 0.3 is 0 Å². The lowest BCUT2D eigenvalue weighted by atomic mass is 9.65. The highest BCUT2D eigenvalue weighted by Crippen LogP contribution is 2.63. The summed E-state index contributed by atoms with van der Waals surface area (Å²) in [6, 6.07) is 39.1. The summed E-state index contributed by atoms with van der Waals surface area (Å²) in [6.07, 6.45) is 10.9. The van der Waals surface area contributed by atoms with Crippen molar-refractivity contribution in [3.63, 3.8) is 0 Å². The SMILES string of the molecule is C#CCOCc1cccc2c3c(ccc12)C1(c2ccccc2-c2ccccc21)c1ccc2c(COCC#C)cccc2c1O3. The lowest BCUT2D eigenvalue weighted by Gasteiger charge is -2.40. The van der Waals surface area contributed by atoms with Gasteiger partial charge in [-0.2, -0.15) is 0 Å². The highest BCUT2D eigenvalue weighted by molar-refractivity contribution is 6.01. The van der Waals surface area contributed by atoms with Crippen LogP contribution in [0.1, 0.15) is 33.4 Å². The molecule has 0 radical (unpaired) electrons. The van der Waals surface area contributed by atoms with Crippen LogP contribution in [0.2, 0.25) is 0 Å². The number of hydrogen-bond donors (Lipinski definition) is 0. The lowest BCUT2D eigenvalue weighted by molar-refractivity contribution is 0.154. The molecule has 44 heavy (non-hydrogen) atoms. The molecule has 3 heteroatoms. The van der Waals surface area contributed by atoms with E-state index >= 15 is 0 Å². The number of hydrogen-bond acceptors (Lipinski definition) is 3. The molecule has 0 saturated heterocycles. The van der Waals surface area contributed by atoms with E-state index in [1.165, 1.54) is 22.3 Å². The van der Waals surface area contributed by atoms with Crippen LogP contribution in [0.4, 0.5) is 0 Å². The van der Waals surface area contributed by atoms with Crippen molar-refractivity contribution in [1.29, 1.82) is 0 Å². The minimum Gasteiger partial charge on any atom is -0.455 e. The van der Waals surface area contributed by atoms with Crippen molar-refractivity contribution in [3.8, 4) is 47.3 Å². The second kappa shape index (κ2) is 10.4. The van der Waals surface area contributed by atoms with E-state index in [1.54, 1.807) is 0 Å². The Kier molecular flexibility index (Phi) is 6.25. The second-order valence-electron chi connectivity index (χ2n) is 11.2.